The molecule has 5 heterocycles. The van der Waals surface area contributed by atoms with Crippen LogP contribution < -0.4 is 15.5 Å². The second-order valence-corrected chi connectivity index (χ2v) is 9.08. The fraction of sp³-hybridized carbons (Fsp3) is 0.381. The highest BCUT2D eigenvalue weighted by Gasteiger charge is 2.31. The van der Waals surface area contributed by atoms with Crippen LogP contribution in [0.3, 0.4) is 0 Å². The number of aromatic nitrogens is 4. The Hall–Kier alpha value is -2.71. The van der Waals surface area contributed by atoms with Crippen LogP contribution >= 0.6 is 11.3 Å². The van der Waals surface area contributed by atoms with E-state index in [4.69, 9.17) is 4.98 Å². The molecule has 1 fully saturated rings. The van der Waals surface area contributed by atoms with E-state index in [1.807, 2.05) is 16.8 Å². The van der Waals surface area contributed by atoms with E-state index in [-0.39, 0.29) is 0 Å². The molecular weight excluding hydrogens is 382 g/mol. The van der Waals surface area contributed by atoms with Gasteiger partial charge in [0.05, 0.1) is 21.4 Å². The fourth-order valence-electron chi connectivity index (χ4n) is 4.61. The summed E-state index contributed by atoms with van der Waals surface area (Å²) in [7, 11) is 0. The van der Waals surface area contributed by atoms with Crippen molar-refractivity contribution < 1.29 is 0 Å². The van der Waals surface area contributed by atoms with Crippen LogP contribution in [0.15, 0.2) is 30.5 Å². The van der Waals surface area contributed by atoms with Gasteiger partial charge in [-0.15, -0.1) is 11.3 Å². The van der Waals surface area contributed by atoms with E-state index in [1.165, 1.54) is 23.1 Å². The van der Waals surface area contributed by atoms with E-state index in [0.29, 0.717) is 6.04 Å². The van der Waals surface area contributed by atoms with E-state index in [2.05, 4.69) is 50.7 Å². The quantitative estimate of drug-likeness (QED) is 0.544. The summed E-state index contributed by atoms with van der Waals surface area (Å²) in [6, 6.07) is 8.87. The summed E-state index contributed by atoms with van der Waals surface area (Å²) < 4.78 is 3.13. The lowest BCUT2D eigenvalue weighted by Crippen LogP contribution is -2.45. The molecule has 0 spiro atoms. The predicted octanol–water partition coefficient (Wildman–Crippen LogP) is 3.51. The summed E-state index contributed by atoms with van der Waals surface area (Å²) in [5, 5.41) is 12.8. The van der Waals surface area contributed by atoms with Crippen molar-refractivity contribution in [2.24, 2.45) is 0 Å². The number of hydrogen-bond acceptors (Lipinski definition) is 7. The molecule has 0 radical (unpaired) electrons. The highest BCUT2D eigenvalue weighted by Crippen LogP contribution is 2.37. The van der Waals surface area contributed by atoms with Gasteiger partial charge in [-0.25, -0.2) is 9.97 Å². The number of anilines is 3. The van der Waals surface area contributed by atoms with Gasteiger partial charge < -0.3 is 15.5 Å². The summed E-state index contributed by atoms with van der Waals surface area (Å²) in [6.07, 6.45) is 5.26. The summed E-state index contributed by atoms with van der Waals surface area (Å²) >= 11 is 1.73. The lowest BCUT2D eigenvalue weighted by Gasteiger charge is -2.33. The van der Waals surface area contributed by atoms with Crippen molar-refractivity contribution in [1.29, 1.82) is 0 Å². The minimum absolute atomic E-state index is 0.521. The minimum atomic E-state index is 0.521. The molecule has 0 aliphatic carbocycles. The van der Waals surface area contributed by atoms with E-state index in [0.717, 1.165) is 59.5 Å². The van der Waals surface area contributed by atoms with Crippen molar-refractivity contribution in [1.82, 2.24) is 24.9 Å². The number of thiazole rings is 1. The van der Waals surface area contributed by atoms with Gasteiger partial charge in [-0.05, 0) is 50.9 Å². The molecule has 1 aromatic carbocycles. The van der Waals surface area contributed by atoms with Crippen molar-refractivity contribution in [3.05, 3.63) is 41.0 Å². The highest BCUT2D eigenvalue weighted by atomic mass is 32.1. The maximum Gasteiger partial charge on any atom is 0.159 e. The van der Waals surface area contributed by atoms with Crippen LogP contribution in [0, 0.1) is 6.92 Å². The van der Waals surface area contributed by atoms with Crippen LogP contribution in [-0.4, -0.2) is 45.3 Å². The first-order valence-electron chi connectivity index (χ1n) is 10.2. The van der Waals surface area contributed by atoms with Gasteiger partial charge in [0.25, 0.3) is 0 Å². The van der Waals surface area contributed by atoms with Gasteiger partial charge in [0.1, 0.15) is 11.6 Å². The summed E-state index contributed by atoms with van der Waals surface area (Å²) in [4.78, 5) is 12.0. The predicted molar refractivity (Wildman–Crippen MR) is 118 cm³/mol. The SMILES string of the molecule is Cc1nc2ccc(Nc3c4c(nc5ccnn35)N([C@H]3CCCNC3)CC4)cc2s1. The Labute approximate surface area is 172 Å². The van der Waals surface area contributed by atoms with Crippen molar-refractivity contribution in [2.75, 3.05) is 29.9 Å². The topological polar surface area (TPSA) is 70.4 Å². The van der Waals surface area contributed by atoms with Gasteiger partial charge in [0.15, 0.2) is 5.65 Å². The number of aryl methyl sites for hydroxylation is 1. The molecule has 2 aliphatic rings. The number of rotatable bonds is 3. The molecule has 148 valence electrons. The van der Waals surface area contributed by atoms with Gasteiger partial charge in [-0.2, -0.15) is 9.61 Å². The Bertz CT molecular complexity index is 1200. The van der Waals surface area contributed by atoms with E-state index < -0.39 is 0 Å². The van der Waals surface area contributed by atoms with E-state index in [1.54, 1.807) is 11.3 Å². The fourth-order valence-corrected chi connectivity index (χ4v) is 5.47. The van der Waals surface area contributed by atoms with E-state index in [9.17, 15) is 0 Å². The average molecular weight is 406 g/mol. The number of hydrogen-bond donors (Lipinski definition) is 2. The standard InChI is InChI=1S/C21H23N7S/c1-13-24-17-5-4-14(11-18(17)29-13)25-21-16-7-10-27(15-3-2-8-22-12-15)20(16)26-19-6-9-23-28(19)21/h4-6,9,11,15,22,25H,2-3,7-8,10,12H2,1H3/t15-/m0/s1. The molecule has 2 aliphatic heterocycles. The first kappa shape index (κ1) is 17.2. The number of nitrogens with one attached hydrogen (secondary N) is 2. The van der Waals surface area contributed by atoms with Gasteiger partial charge in [-0.1, -0.05) is 0 Å². The summed E-state index contributed by atoms with van der Waals surface area (Å²) in [5.74, 6) is 2.14. The van der Waals surface area contributed by atoms with Crippen molar-refractivity contribution in [2.45, 2.75) is 32.2 Å². The summed E-state index contributed by atoms with van der Waals surface area (Å²) in [5.41, 5.74) is 4.26. The third-order valence-corrected chi connectivity index (χ3v) is 6.89. The molecule has 6 rings (SSSR count). The van der Waals surface area contributed by atoms with Crippen LogP contribution in [-0.2, 0) is 6.42 Å². The van der Waals surface area contributed by atoms with Gasteiger partial charge >= 0.3 is 0 Å². The second kappa shape index (κ2) is 6.67. The molecule has 4 aromatic rings. The summed E-state index contributed by atoms with van der Waals surface area (Å²) in [6.45, 7) is 5.23. The molecule has 2 N–H and O–H groups in total. The monoisotopic (exact) mass is 405 g/mol. The Morgan fingerprint density at radius 1 is 1.24 bits per heavy atom. The minimum Gasteiger partial charge on any atom is -0.352 e. The Morgan fingerprint density at radius 2 is 2.21 bits per heavy atom. The number of fused-ring (bicyclic) bond motifs is 3. The van der Waals surface area contributed by atoms with Crippen molar-refractivity contribution in [3.63, 3.8) is 0 Å². The van der Waals surface area contributed by atoms with Crippen molar-refractivity contribution in [3.8, 4) is 0 Å². The number of piperidine rings is 1. The molecule has 3 aromatic heterocycles. The molecule has 0 amide bonds. The third-order valence-electron chi connectivity index (χ3n) is 5.96. The molecule has 1 atom stereocenters. The number of nitrogens with zero attached hydrogens (tertiary/aromatic N) is 5. The molecule has 8 heteroatoms. The van der Waals surface area contributed by atoms with Gasteiger partial charge in [0, 0.05) is 36.4 Å². The smallest absolute Gasteiger partial charge is 0.159 e. The maximum absolute atomic E-state index is 4.98. The van der Waals surface area contributed by atoms with Gasteiger partial charge in [-0.3, -0.25) is 0 Å². The lowest BCUT2D eigenvalue weighted by atomic mass is 10.1. The van der Waals surface area contributed by atoms with Crippen LogP contribution in [0.5, 0.6) is 0 Å². The largest absolute Gasteiger partial charge is 0.352 e. The zero-order valence-electron chi connectivity index (χ0n) is 16.4. The maximum atomic E-state index is 4.98. The molecule has 0 unspecified atom stereocenters. The Kier molecular flexibility index (Phi) is 3.95. The normalized spacial score (nSPS) is 19.2. The molecular formula is C21H23N7S. The van der Waals surface area contributed by atoms with Crippen LogP contribution in [0.2, 0.25) is 0 Å². The van der Waals surface area contributed by atoms with Crippen LogP contribution in [0.4, 0.5) is 17.3 Å². The Balaban J connectivity index is 1.43. The van der Waals surface area contributed by atoms with Crippen molar-refractivity contribution >= 4 is 44.5 Å². The Morgan fingerprint density at radius 3 is 3.10 bits per heavy atom. The zero-order chi connectivity index (χ0) is 19.4. The van der Waals surface area contributed by atoms with E-state index >= 15 is 0 Å². The lowest BCUT2D eigenvalue weighted by molar-refractivity contribution is 0.436. The molecule has 1 saturated heterocycles. The molecule has 0 bridgehead atoms. The molecule has 0 saturated carbocycles. The zero-order valence-corrected chi connectivity index (χ0v) is 17.2. The van der Waals surface area contributed by atoms with Crippen LogP contribution in [0.25, 0.3) is 15.9 Å². The number of benzene rings is 1. The first-order chi connectivity index (χ1) is 14.3. The van der Waals surface area contributed by atoms with Gasteiger partial charge in [0.2, 0.25) is 0 Å². The molecule has 29 heavy (non-hydrogen) atoms. The van der Waals surface area contributed by atoms with Crippen LogP contribution in [0.1, 0.15) is 23.4 Å². The third kappa shape index (κ3) is 2.86. The first-order valence-corrected chi connectivity index (χ1v) is 11.1. The molecule has 7 nitrogen and oxygen atoms in total. The highest BCUT2D eigenvalue weighted by molar-refractivity contribution is 7.18. The second-order valence-electron chi connectivity index (χ2n) is 7.85. The average Bonchev–Trinajstić information content (AvgIpc) is 3.45.